The first-order valence-electron chi connectivity index (χ1n) is 8.26. The Balaban J connectivity index is 1.68. The second-order valence-electron chi connectivity index (χ2n) is 6.13. The third-order valence-electron chi connectivity index (χ3n) is 4.42. The van der Waals surface area contributed by atoms with Crippen LogP contribution in [0.15, 0.2) is 4.21 Å². The molecule has 10 heteroatoms. The van der Waals surface area contributed by atoms with Gasteiger partial charge in [-0.25, -0.2) is 17.9 Å². The van der Waals surface area contributed by atoms with Gasteiger partial charge in [0.05, 0.1) is 5.56 Å². The molecule has 0 atom stereocenters. The molecule has 1 saturated heterocycles. The van der Waals surface area contributed by atoms with Crippen molar-refractivity contribution in [3.8, 4) is 0 Å². The van der Waals surface area contributed by atoms with Gasteiger partial charge in [0.15, 0.2) is 0 Å². The molecule has 1 fully saturated rings. The molecule has 2 aliphatic rings. The summed E-state index contributed by atoms with van der Waals surface area (Å²) in [4.78, 5) is 25.6. The number of aromatic carboxylic acids is 1. The molecule has 138 valence electrons. The number of hydrogen-bond acceptors (Lipinski definition) is 6. The zero-order valence-electron chi connectivity index (χ0n) is 13.7. The lowest BCUT2D eigenvalue weighted by Gasteiger charge is -2.15. The maximum absolute atomic E-state index is 12.6. The summed E-state index contributed by atoms with van der Waals surface area (Å²) in [5.74, 6) is -1.10. The highest BCUT2D eigenvalue weighted by Crippen LogP contribution is 2.34. The molecular formula is C15H21N3O5S2. The SMILES string of the molecule is O=C(O)c1c(S(=O)(=O)NCCCN2CCCC2=O)sc2c1CCNC2. The number of fused-ring (bicyclic) bond motifs is 1. The molecule has 3 heterocycles. The van der Waals surface area contributed by atoms with Crippen LogP contribution < -0.4 is 10.0 Å². The van der Waals surface area contributed by atoms with E-state index in [1.165, 1.54) is 0 Å². The van der Waals surface area contributed by atoms with Crippen LogP contribution in [-0.4, -0.2) is 56.5 Å². The van der Waals surface area contributed by atoms with Crippen molar-refractivity contribution in [3.05, 3.63) is 16.0 Å². The van der Waals surface area contributed by atoms with Crippen LogP contribution in [0.25, 0.3) is 0 Å². The van der Waals surface area contributed by atoms with Gasteiger partial charge >= 0.3 is 5.97 Å². The van der Waals surface area contributed by atoms with E-state index in [1.54, 1.807) is 4.90 Å². The minimum atomic E-state index is -3.88. The first-order chi connectivity index (χ1) is 11.9. The molecule has 0 aliphatic carbocycles. The van der Waals surface area contributed by atoms with E-state index in [1.807, 2.05) is 0 Å². The monoisotopic (exact) mass is 387 g/mol. The fourth-order valence-corrected chi connectivity index (χ4v) is 6.18. The molecule has 25 heavy (non-hydrogen) atoms. The van der Waals surface area contributed by atoms with Crippen LogP contribution >= 0.6 is 11.3 Å². The topological polar surface area (TPSA) is 116 Å². The van der Waals surface area contributed by atoms with E-state index in [9.17, 15) is 23.1 Å². The molecule has 1 aromatic heterocycles. The Bertz CT molecular complexity index is 787. The molecule has 0 aromatic carbocycles. The number of carbonyl (C=O) groups is 2. The number of amides is 1. The predicted molar refractivity (Wildman–Crippen MR) is 92.3 cm³/mol. The summed E-state index contributed by atoms with van der Waals surface area (Å²) in [6.45, 7) is 2.54. The van der Waals surface area contributed by atoms with Crippen LogP contribution in [0, 0.1) is 0 Å². The standard InChI is InChI=1S/C15H21N3O5S2/c19-12-3-1-7-18(12)8-2-5-17-25(22,23)15-13(14(20)21)10-4-6-16-9-11(10)24-15/h16-17H,1-9H2,(H,20,21). The van der Waals surface area contributed by atoms with Gasteiger partial charge in [0.1, 0.15) is 4.21 Å². The summed E-state index contributed by atoms with van der Waals surface area (Å²) in [5, 5.41) is 12.6. The largest absolute Gasteiger partial charge is 0.478 e. The van der Waals surface area contributed by atoms with Crippen LogP contribution in [0.2, 0.25) is 0 Å². The summed E-state index contributed by atoms with van der Waals surface area (Å²) in [6, 6.07) is 0. The van der Waals surface area contributed by atoms with Gasteiger partial charge in [-0.3, -0.25) is 4.79 Å². The van der Waals surface area contributed by atoms with E-state index < -0.39 is 16.0 Å². The Labute approximate surface area is 150 Å². The van der Waals surface area contributed by atoms with Gasteiger partial charge in [0.25, 0.3) is 10.0 Å². The average Bonchev–Trinajstić information content (AvgIpc) is 3.15. The molecular weight excluding hydrogens is 366 g/mol. The first kappa shape index (κ1) is 18.3. The van der Waals surface area contributed by atoms with Gasteiger partial charge in [0, 0.05) is 37.5 Å². The molecule has 3 rings (SSSR count). The zero-order chi connectivity index (χ0) is 18.0. The number of thiophene rings is 1. The number of nitrogens with zero attached hydrogens (tertiary/aromatic N) is 1. The van der Waals surface area contributed by atoms with Crippen LogP contribution in [-0.2, 0) is 27.8 Å². The van der Waals surface area contributed by atoms with Crippen LogP contribution in [0.3, 0.4) is 0 Å². The number of carboxylic acid groups (broad SMARTS) is 1. The minimum Gasteiger partial charge on any atom is -0.478 e. The van der Waals surface area contributed by atoms with Crippen molar-refractivity contribution in [2.45, 2.75) is 36.4 Å². The Kier molecular flexibility index (Phi) is 5.42. The summed E-state index contributed by atoms with van der Waals surface area (Å²) in [6.07, 6.45) is 2.42. The van der Waals surface area contributed by atoms with Crippen LogP contribution in [0.5, 0.6) is 0 Å². The molecule has 3 N–H and O–H groups in total. The smallest absolute Gasteiger partial charge is 0.338 e. The van der Waals surface area contributed by atoms with Crippen LogP contribution in [0.4, 0.5) is 0 Å². The van der Waals surface area contributed by atoms with Crippen LogP contribution in [0.1, 0.15) is 40.1 Å². The predicted octanol–water partition coefficient (Wildman–Crippen LogP) is 0.383. The highest BCUT2D eigenvalue weighted by molar-refractivity contribution is 7.91. The quantitative estimate of drug-likeness (QED) is 0.583. The van der Waals surface area contributed by atoms with Crippen molar-refractivity contribution in [2.24, 2.45) is 0 Å². The van der Waals surface area contributed by atoms with Crippen molar-refractivity contribution < 1.29 is 23.1 Å². The lowest BCUT2D eigenvalue weighted by Crippen LogP contribution is -2.31. The average molecular weight is 387 g/mol. The second kappa shape index (κ2) is 7.40. The van der Waals surface area contributed by atoms with Gasteiger partial charge < -0.3 is 15.3 Å². The van der Waals surface area contributed by atoms with E-state index in [0.717, 1.165) is 29.2 Å². The molecule has 2 aliphatic heterocycles. The molecule has 0 bridgehead atoms. The number of carboxylic acids is 1. The van der Waals surface area contributed by atoms with Gasteiger partial charge in [-0.2, -0.15) is 0 Å². The maximum atomic E-state index is 12.6. The Morgan fingerprint density at radius 2 is 2.16 bits per heavy atom. The number of likely N-dealkylation sites (tertiary alicyclic amines) is 1. The summed E-state index contributed by atoms with van der Waals surface area (Å²) in [5.41, 5.74) is 0.531. The molecule has 0 radical (unpaired) electrons. The number of carbonyl (C=O) groups excluding carboxylic acids is 1. The second-order valence-corrected chi connectivity index (χ2v) is 9.20. The summed E-state index contributed by atoms with van der Waals surface area (Å²) < 4.78 is 27.5. The highest BCUT2D eigenvalue weighted by Gasteiger charge is 2.31. The first-order valence-corrected chi connectivity index (χ1v) is 10.6. The molecule has 0 unspecified atom stereocenters. The van der Waals surface area contributed by atoms with Gasteiger partial charge in [-0.1, -0.05) is 0 Å². The third kappa shape index (κ3) is 3.86. The zero-order valence-corrected chi connectivity index (χ0v) is 15.3. The van der Waals surface area contributed by atoms with E-state index >= 15 is 0 Å². The van der Waals surface area contributed by atoms with Gasteiger partial charge in [-0.15, -0.1) is 11.3 Å². The number of sulfonamides is 1. The van der Waals surface area contributed by atoms with Crippen molar-refractivity contribution in [2.75, 3.05) is 26.2 Å². The number of nitrogens with one attached hydrogen (secondary N) is 2. The van der Waals surface area contributed by atoms with Crippen molar-refractivity contribution >= 4 is 33.2 Å². The molecule has 1 aromatic rings. The van der Waals surface area contributed by atoms with E-state index in [-0.39, 0.29) is 22.2 Å². The molecule has 1 amide bonds. The molecule has 0 saturated carbocycles. The fraction of sp³-hybridized carbons (Fsp3) is 0.600. The Morgan fingerprint density at radius 3 is 2.84 bits per heavy atom. The third-order valence-corrected chi connectivity index (χ3v) is 7.63. The lowest BCUT2D eigenvalue weighted by atomic mass is 10.1. The van der Waals surface area contributed by atoms with Crippen molar-refractivity contribution in [1.29, 1.82) is 0 Å². The van der Waals surface area contributed by atoms with Gasteiger partial charge in [0.2, 0.25) is 5.91 Å². The normalized spacial score (nSPS) is 17.8. The summed E-state index contributed by atoms with van der Waals surface area (Å²) in [7, 11) is -3.88. The minimum absolute atomic E-state index is 0.0938. The van der Waals surface area contributed by atoms with Crippen molar-refractivity contribution in [3.63, 3.8) is 0 Å². The lowest BCUT2D eigenvalue weighted by molar-refractivity contribution is -0.127. The maximum Gasteiger partial charge on any atom is 0.338 e. The van der Waals surface area contributed by atoms with E-state index in [4.69, 9.17) is 0 Å². The summed E-state index contributed by atoms with van der Waals surface area (Å²) >= 11 is 1.02. The Hall–Kier alpha value is -1.49. The van der Waals surface area contributed by atoms with Gasteiger partial charge in [-0.05, 0) is 31.4 Å². The Morgan fingerprint density at radius 1 is 1.36 bits per heavy atom. The molecule has 0 spiro atoms. The molecule has 8 nitrogen and oxygen atoms in total. The fourth-order valence-electron chi connectivity index (χ4n) is 3.20. The highest BCUT2D eigenvalue weighted by atomic mass is 32.2. The van der Waals surface area contributed by atoms with E-state index in [2.05, 4.69) is 10.0 Å². The number of hydrogen-bond donors (Lipinski definition) is 3. The van der Waals surface area contributed by atoms with E-state index in [0.29, 0.717) is 44.5 Å². The number of rotatable bonds is 7. The van der Waals surface area contributed by atoms with Crippen molar-refractivity contribution in [1.82, 2.24) is 14.9 Å².